The Morgan fingerprint density at radius 1 is 0.815 bits per heavy atom. The van der Waals surface area contributed by atoms with Gasteiger partial charge in [-0.2, -0.15) is 0 Å². The average Bonchev–Trinajstić information content (AvgIpc) is 3.05. The Bertz CT molecular complexity index is 1260. The molecule has 0 N–H and O–H groups in total. The van der Waals surface area contributed by atoms with Gasteiger partial charge in [0, 0.05) is 10.4 Å². The zero-order valence-electron chi connectivity index (χ0n) is 14.7. The molecule has 0 radical (unpaired) electrons. The van der Waals surface area contributed by atoms with E-state index in [0.717, 1.165) is 32.5 Å². The number of thiophene rings is 1. The summed E-state index contributed by atoms with van der Waals surface area (Å²) in [5.41, 5.74) is 2.30. The van der Waals surface area contributed by atoms with Crippen LogP contribution in [0.5, 0.6) is 11.6 Å². The number of ether oxygens (including phenoxy) is 1. The van der Waals surface area contributed by atoms with Crippen LogP contribution in [0.3, 0.4) is 0 Å². The Hall–Kier alpha value is -3.24. The number of rotatable bonds is 3. The van der Waals surface area contributed by atoms with Gasteiger partial charge in [0.1, 0.15) is 16.9 Å². The molecule has 3 nitrogen and oxygen atoms in total. The SMILES string of the molecule is Cc1sc2ncnc(Oc3ccc4ccccc4c3)c2c1-c1ccccc1. The van der Waals surface area contributed by atoms with Gasteiger partial charge in [-0.15, -0.1) is 11.3 Å². The number of benzene rings is 3. The lowest BCUT2D eigenvalue weighted by Gasteiger charge is -2.09. The van der Waals surface area contributed by atoms with Crippen molar-refractivity contribution in [3.63, 3.8) is 0 Å². The van der Waals surface area contributed by atoms with E-state index in [1.54, 1.807) is 17.7 Å². The molecule has 0 bridgehead atoms. The third-order valence-electron chi connectivity index (χ3n) is 4.63. The van der Waals surface area contributed by atoms with Crippen molar-refractivity contribution in [2.75, 3.05) is 0 Å². The molecule has 5 aromatic rings. The predicted octanol–water partition coefficient (Wildman–Crippen LogP) is 6.61. The summed E-state index contributed by atoms with van der Waals surface area (Å²) in [6, 6.07) is 24.7. The van der Waals surface area contributed by atoms with Gasteiger partial charge in [-0.05, 0) is 35.4 Å². The van der Waals surface area contributed by atoms with Gasteiger partial charge in [0.2, 0.25) is 5.88 Å². The molecule has 5 rings (SSSR count). The van der Waals surface area contributed by atoms with Crippen LogP contribution in [-0.2, 0) is 0 Å². The first-order valence-corrected chi connectivity index (χ1v) is 9.57. The van der Waals surface area contributed by atoms with Crippen molar-refractivity contribution in [2.45, 2.75) is 6.92 Å². The zero-order valence-corrected chi connectivity index (χ0v) is 15.5. The van der Waals surface area contributed by atoms with E-state index in [-0.39, 0.29) is 0 Å². The third-order valence-corrected chi connectivity index (χ3v) is 5.64. The molecule has 0 aliphatic heterocycles. The lowest BCUT2D eigenvalue weighted by atomic mass is 10.0. The first kappa shape index (κ1) is 16.0. The van der Waals surface area contributed by atoms with E-state index < -0.39 is 0 Å². The van der Waals surface area contributed by atoms with Crippen LogP contribution in [0.4, 0.5) is 0 Å². The van der Waals surface area contributed by atoms with E-state index in [2.05, 4.69) is 47.2 Å². The van der Waals surface area contributed by atoms with Crippen LogP contribution in [0.15, 0.2) is 79.1 Å². The lowest BCUT2D eigenvalue weighted by Crippen LogP contribution is -1.91. The van der Waals surface area contributed by atoms with Crippen LogP contribution in [-0.4, -0.2) is 9.97 Å². The van der Waals surface area contributed by atoms with Gasteiger partial charge in [0.15, 0.2) is 0 Å². The molecule has 3 aromatic carbocycles. The summed E-state index contributed by atoms with van der Waals surface area (Å²) >= 11 is 1.67. The molecule has 0 aliphatic rings. The number of aryl methyl sites for hydroxylation is 1. The van der Waals surface area contributed by atoms with E-state index >= 15 is 0 Å². The van der Waals surface area contributed by atoms with Crippen molar-refractivity contribution in [1.82, 2.24) is 9.97 Å². The van der Waals surface area contributed by atoms with Gasteiger partial charge in [0.25, 0.3) is 0 Å². The number of aromatic nitrogens is 2. The minimum atomic E-state index is 0.596. The zero-order chi connectivity index (χ0) is 18.2. The van der Waals surface area contributed by atoms with Gasteiger partial charge < -0.3 is 4.74 Å². The smallest absolute Gasteiger partial charge is 0.231 e. The summed E-state index contributed by atoms with van der Waals surface area (Å²) < 4.78 is 6.23. The standard InChI is InChI=1S/C23H16N2OS/c1-15-20(17-8-3-2-4-9-17)21-22(24-14-25-23(21)27-15)26-19-12-11-16-7-5-6-10-18(16)13-19/h2-14H,1H3. The fourth-order valence-electron chi connectivity index (χ4n) is 3.39. The number of hydrogen-bond donors (Lipinski definition) is 0. The van der Waals surface area contributed by atoms with E-state index in [4.69, 9.17) is 4.74 Å². The summed E-state index contributed by atoms with van der Waals surface area (Å²) in [5.74, 6) is 1.37. The quantitative estimate of drug-likeness (QED) is 0.359. The summed E-state index contributed by atoms with van der Waals surface area (Å²) in [5, 5.41) is 3.30. The van der Waals surface area contributed by atoms with Gasteiger partial charge in [-0.3, -0.25) is 0 Å². The largest absolute Gasteiger partial charge is 0.438 e. The van der Waals surface area contributed by atoms with Gasteiger partial charge >= 0.3 is 0 Å². The molecule has 0 unspecified atom stereocenters. The van der Waals surface area contributed by atoms with Crippen molar-refractivity contribution in [3.05, 3.63) is 84.0 Å². The second-order valence-electron chi connectivity index (χ2n) is 6.37. The van der Waals surface area contributed by atoms with Crippen molar-refractivity contribution < 1.29 is 4.74 Å². The summed E-state index contributed by atoms with van der Waals surface area (Å²) in [6.45, 7) is 2.12. The predicted molar refractivity (Wildman–Crippen MR) is 112 cm³/mol. The van der Waals surface area contributed by atoms with E-state index in [0.29, 0.717) is 5.88 Å². The molecular weight excluding hydrogens is 352 g/mol. The Morgan fingerprint density at radius 3 is 2.44 bits per heavy atom. The Labute approximate surface area is 160 Å². The van der Waals surface area contributed by atoms with Gasteiger partial charge in [-0.1, -0.05) is 60.7 Å². The van der Waals surface area contributed by atoms with Gasteiger partial charge in [-0.25, -0.2) is 9.97 Å². The fraction of sp³-hybridized carbons (Fsp3) is 0.0435. The molecule has 2 heterocycles. The molecule has 0 saturated heterocycles. The highest BCUT2D eigenvalue weighted by atomic mass is 32.1. The molecule has 27 heavy (non-hydrogen) atoms. The lowest BCUT2D eigenvalue weighted by molar-refractivity contribution is 0.469. The van der Waals surface area contributed by atoms with E-state index in [1.807, 2.05) is 42.5 Å². The monoisotopic (exact) mass is 368 g/mol. The van der Waals surface area contributed by atoms with Crippen molar-refractivity contribution in [1.29, 1.82) is 0 Å². The Balaban J connectivity index is 1.66. The molecule has 2 aromatic heterocycles. The van der Waals surface area contributed by atoms with Crippen molar-refractivity contribution in [3.8, 4) is 22.8 Å². The maximum Gasteiger partial charge on any atom is 0.231 e. The average molecular weight is 368 g/mol. The van der Waals surface area contributed by atoms with Crippen molar-refractivity contribution >= 4 is 32.3 Å². The number of nitrogens with zero attached hydrogens (tertiary/aromatic N) is 2. The third kappa shape index (κ3) is 2.84. The fourth-order valence-corrected chi connectivity index (χ4v) is 4.39. The molecule has 0 atom stereocenters. The molecular formula is C23H16N2OS. The minimum Gasteiger partial charge on any atom is -0.438 e. The molecule has 0 fully saturated rings. The molecule has 4 heteroatoms. The molecule has 0 saturated carbocycles. The van der Waals surface area contributed by atoms with Crippen LogP contribution in [0.25, 0.3) is 32.1 Å². The van der Waals surface area contributed by atoms with E-state index in [1.165, 1.54) is 10.3 Å². The summed E-state index contributed by atoms with van der Waals surface area (Å²) in [7, 11) is 0. The molecule has 130 valence electrons. The van der Waals surface area contributed by atoms with Crippen molar-refractivity contribution in [2.24, 2.45) is 0 Å². The molecule has 0 amide bonds. The first-order valence-electron chi connectivity index (χ1n) is 8.76. The minimum absolute atomic E-state index is 0.596. The summed E-state index contributed by atoms with van der Waals surface area (Å²) in [4.78, 5) is 11.1. The summed E-state index contributed by atoms with van der Waals surface area (Å²) in [6.07, 6.45) is 1.57. The highest BCUT2D eigenvalue weighted by Gasteiger charge is 2.18. The molecule has 0 aliphatic carbocycles. The Morgan fingerprint density at radius 2 is 1.59 bits per heavy atom. The topological polar surface area (TPSA) is 35.0 Å². The number of hydrogen-bond acceptors (Lipinski definition) is 4. The maximum atomic E-state index is 6.23. The second kappa shape index (κ2) is 6.49. The van der Waals surface area contributed by atoms with E-state index in [9.17, 15) is 0 Å². The highest BCUT2D eigenvalue weighted by Crippen LogP contribution is 2.42. The Kier molecular flexibility index (Phi) is 3.84. The molecule has 0 spiro atoms. The van der Waals surface area contributed by atoms with Crippen LogP contribution in [0.1, 0.15) is 4.88 Å². The highest BCUT2D eigenvalue weighted by molar-refractivity contribution is 7.19. The first-order chi connectivity index (χ1) is 13.3. The normalized spacial score (nSPS) is 11.1. The maximum absolute atomic E-state index is 6.23. The number of fused-ring (bicyclic) bond motifs is 2. The van der Waals surface area contributed by atoms with Crippen LogP contribution in [0.2, 0.25) is 0 Å². The second-order valence-corrected chi connectivity index (χ2v) is 7.57. The van der Waals surface area contributed by atoms with Crippen LogP contribution in [0, 0.1) is 6.92 Å². The van der Waals surface area contributed by atoms with Crippen LogP contribution >= 0.6 is 11.3 Å². The van der Waals surface area contributed by atoms with Gasteiger partial charge in [0.05, 0.1) is 5.39 Å². The van der Waals surface area contributed by atoms with Crippen LogP contribution < -0.4 is 4.74 Å².